The third-order valence-electron chi connectivity index (χ3n) is 3.11. The van der Waals surface area contributed by atoms with Crippen LogP contribution in [0.5, 0.6) is 0 Å². The molecule has 1 fully saturated rings. The Morgan fingerprint density at radius 1 is 1.44 bits per heavy atom. The van der Waals surface area contributed by atoms with Crippen LogP contribution in [-0.4, -0.2) is 25.5 Å². The van der Waals surface area contributed by atoms with Crippen molar-refractivity contribution in [1.29, 1.82) is 0 Å². The molecule has 1 aliphatic rings. The van der Waals surface area contributed by atoms with Gasteiger partial charge < -0.3 is 10.6 Å². The largest absolute Gasteiger partial charge is 0.356 e. The van der Waals surface area contributed by atoms with Gasteiger partial charge in [-0.1, -0.05) is 12.2 Å². The van der Waals surface area contributed by atoms with Crippen molar-refractivity contribution in [1.82, 2.24) is 10.6 Å². The topological polar surface area (TPSA) is 41.1 Å². The summed E-state index contributed by atoms with van der Waals surface area (Å²) in [4.78, 5) is 11.5. The second-order valence-corrected chi connectivity index (χ2v) is 4.44. The van der Waals surface area contributed by atoms with Gasteiger partial charge in [-0.3, -0.25) is 4.79 Å². The first-order valence-corrected chi connectivity index (χ1v) is 6.41. The van der Waals surface area contributed by atoms with Crippen molar-refractivity contribution in [3.05, 3.63) is 12.2 Å². The first-order valence-electron chi connectivity index (χ1n) is 6.41. The fraction of sp³-hybridized carbons (Fsp3) is 0.769. The van der Waals surface area contributed by atoms with Gasteiger partial charge in [-0.2, -0.15) is 0 Å². The van der Waals surface area contributed by atoms with E-state index in [0.717, 1.165) is 38.4 Å². The number of allylic oxidation sites excluding steroid dienone is 1. The van der Waals surface area contributed by atoms with E-state index in [-0.39, 0.29) is 5.91 Å². The fourth-order valence-electron chi connectivity index (χ4n) is 2.06. The van der Waals surface area contributed by atoms with Gasteiger partial charge in [0.1, 0.15) is 0 Å². The Kier molecular flexibility index (Phi) is 6.90. The molecule has 92 valence electrons. The zero-order valence-electron chi connectivity index (χ0n) is 10.3. The van der Waals surface area contributed by atoms with Crippen LogP contribution in [-0.2, 0) is 4.79 Å². The van der Waals surface area contributed by atoms with E-state index in [9.17, 15) is 4.79 Å². The van der Waals surface area contributed by atoms with Gasteiger partial charge in [0.15, 0.2) is 0 Å². The highest BCUT2D eigenvalue weighted by atomic mass is 16.1. The zero-order valence-corrected chi connectivity index (χ0v) is 10.3. The number of nitrogens with one attached hydrogen (secondary N) is 2. The standard InChI is InChI=1S/C13H24N2O/c1-2-3-4-9-15-13(16)6-5-12-7-10-14-11-8-12/h2-3,12,14H,4-11H2,1H3,(H,15,16)/b3-2+. The van der Waals surface area contributed by atoms with E-state index in [1.54, 1.807) is 0 Å². The molecule has 0 unspecified atom stereocenters. The van der Waals surface area contributed by atoms with Gasteiger partial charge >= 0.3 is 0 Å². The van der Waals surface area contributed by atoms with E-state index in [1.807, 2.05) is 13.0 Å². The number of hydrogen-bond donors (Lipinski definition) is 2. The van der Waals surface area contributed by atoms with Gasteiger partial charge in [0.05, 0.1) is 0 Å². The van der Waals surface area contributed by atoms with Gasteiger partial charge in [0.2, 0.25) is 5.91 Å². The van der Waals surface area contributed by atoms with Crippen molar-refractivity contribution in [2.24, 2.45) is 5.92 Å². The van der Waals surface area contributed by atoms with Crippen molar-refractivity contribution in [2.75, 3.05) is 19.6 Å². The molecule has 1 amide bonds. The highest BCUT2D eigenvalue weighted by molar-refractivity contribution is 5.75. The van der Waals surface area contributed by atoms with Gasteiger partial charge in [0.25, 0.3) is 0 Å². The molecule has 0 atom stereocenters. The molecule has 1 heterocycles. The number of carbonyl (C=O) groups excluding carboxylic acids is 1. The van der Waals surface area contributed by atoms with Crippen molar-refractivity contribution >= 4 is 5.91 Å². The Labute approximate surface area is 98.7 Å². The smallest absolute Gasteiger partial charge is 0.220 e. The maximum Gasteiger partial charge on any atom is 0.220 e. The van der Waals surface area contributed by atoms with Crippen molar-refractivity contribution in [3.8, 4) is 0 Å². The molecule has 3 heteroatoms. The summed E-state index contributed by atoms with van der Waals surface area (Å²) in [7, 11) is 0. The number of piperidine rings is 1. The molecule has 0 aromatic heterocycles. The summed E-state index contributed by atoms with van der Waals surface area (Å²) < 4.78 is 0. The summed E-state index contributed by atoms with van der Waals surface area (Å²) in [5.74, 6) is 0.963. The maximum absolute atomic E-state index is 11.5. The van der Waals surface area contributed by atoms with Crippen LogP contribution in [0.15, 0.2) is 12.2 Å². The molecule has 16 heavy (non-hydrogen) atoms. The predicted octanol–water partition coefficient (Wildman–Crippen LogP) is 1.85. The average molecular weight is 224 g/mol. The van der Waals surface area contributed by atoms with Crippen LogP contribution in [0.4, 0.5) is 0 Å². The van der Waals surface area contributed by atoms with Gasteiger partial charge in [-0.15, -0.1) is 0 Å². The lowest BCUT2D eigenvalue weighted by atomic mass is 9.93. The lowest BCUT2D eigenvalue weighted by Crippen LogP contribution is -2.29. The molecular weight excluding hydrogens is 200 g/mol. The normalized spacial score (nSPS) is 17.8. The third-order valence-corrected chi connectivity index (χ3v) is 3.11. The Balaban J connectivity index is 2.00. The Morgan fingerprint density at radius 3 is 2.88 bits per heavy atom. The fourth-order valence-corrected chi connectivity index (χ4v) is 2.06. The van der Waals surface area contributed by atoms with Crippen molar-refractivity contribution in [2.45, 2.75) is 39.0 Å². The van der Waals surface area contributed by atoms with Crippen molar-refractivity contribution < 1.29 is 4.79 Å². The Morgan fingerprint density at radius 2 is 2.19 bits per heavy atom. The molecule has 0 saturated carbocycles. The molecule has 1 rings (SSSR count). The van der Waals surface area contributed by atoms with Gasteiger partial charge in [0, 0.05) is 13.0 Å². The summed E-state index contributed by atoms with van der Waals surface area (Å²) in [5.41, 5.74) is 0. The minimum atomic E-state index is 0.211. The van der Waals surface area contributed by atoms with E-state index in [2.05, 4.69) is 16.7 Å². The first kappa shape index (κ1) is 13.2. The van der Waals surface area contributed by atoms with Crippen LogP contribution in [0.25, 0.3) is 0 Å². The number of carbonyl (C=O) groups is 1. The molecule has 0 aliphatic carbocycles. The van der Waals surface area contributed by atoms with Gasteiger partial charge in [-0.05, 0) is 51.6 Å². The van der Waals surface area contributed by atoms with Crippen LogP contribution in [0.2, 0.25) is 0 Å². The van der Waals surface area contributed by atoms with Crippen LogP contribution in [0.1, 0.15) is 39.0 Å². The number of amides is 1. The van der Waals surface area contributed by atoms with E-state index in [1.165, 1.54) is 12.8 Å². The van der Waals surface area contributed by atoms with Gasteiger partial charge in [-0.25, -0.2) is 0 Å². The summed E-state index contributed by atoms with van der Waals surface area (Å²) in [5, 5.41) is 6.29. The summed E-state index contributed by atoms with van der Waals surface area (Å²) in [6, 6.07) is 0. The average Bonchev–Trinajstić information content (AvgIpc) is 2.33. The molecule has 1 saturated heterocycles. The third kappa shape index (κ3) is 5.91. The number of hydrogen-bond acceptors (Lipinski definition) is 2. The molecular formula is C13H24N2O. The monoisotopic (exact) mass is 224 g/mol. The van der Waals surface area contributed by atoms with E-state index in [4.69, 9.17) is 0 Å². The highest BCUT2D eigenvalue weighted by Gasteiger charge is 2.13. The molecule has 0 radical (unpaired) electrons. The van der Waals surface area contributed by atoms with Crippen molar-refractivity contribution in [3.63, 3.8) is 0 Å². The van der Waals surface area contributed by atoms with Crippen LogP contribution in [0, 0.1) is 5.92 Å². The minimum absolute atomic E-state index is 0.211. The van der Waals surface area contributed by atoms with E-state index >= 15 is 0 Å². The second-order valence-electron chi connectivity index (χ2n) is 4.44. The predicted molar refractivity (Wildman–Crippen MR) is 67.3 cm³/mol. The first-order chi connectivity index (χ1) is 7.83. The summed E-state index contributed by atoms with van der Waals surface area (Å²) in [6.45, 7) is 5.01. The van der Waals surface area contributed by atoms with Crippen LogP contribution in [0.3, 0.4) is 0 Å². The Bertz CT molecular complexity index is 220. The molecule has 0 spiro atoms. The van der Waals surface area contributed by atoms with Crippen LogP contribution >= 0.6 is 0 Å². The summed E-state index contributed by atoms with van der Waals surface area (Å²) in [6.07, 6.45) is 9.24. The second kappa shape index (κ2) is 8.34. The number of rotatable bonds is 6. The molecule has 1 aliphatic heterocycles. The summed E-state index contributed by atoms with van der Waals surface area (Å²) >= 11 is 0. The molecule has 0 bridgehead atoms. The molecule has 0 aromatic rings. The maximum atomic E-state index is 11.5. The quantitative estimate of drug-likeness (QED) is 0.534. The Hall–Kier alpha value is -0.830. The van der Waals surface area contributed by atoms with Crippen LogP contribution < -0.4 is 10.6 Å². The highest BCUT2D eigenvalue weighted by Crippen LogP contribution is 2.17. The van der Waals surface area contributed by atoms with E-state index < -0.39 is 0 Å². The zero-order chi connectivity index (χ0) is 11.6. The lowest BCUT2D eigenvalue weighted by Gasteiger charge is -2.22. The molecule has 3 nitrogen and oxygen atoms in total. The molecule has 0 aromatic carbocycles. The SMILES string of the molecule is C/C=C/CCNC(=O)CCC1CCNCC1. The lowest BCUT2D eigenvalue weighted by molar-refractivity contribution is -0.121. The minimum Gasteiger partial charge on any atom is -0.356 e. The van der Waals surface area contributed by atoms with E-state index in [0.29, 0.717) is 6.42 Å². The molecule has 2 N–H and O–H groups in total.